The molecule has 18 heavy (non-hydrogen) atoms. The van der Waals surface area contributed by atoms with Gasteiger partial charge in [0.25, 0.3) is 0 Å². The third-order valence-electron chi connectivity index (χ3n) is 2.60. The highest BCUT2D eigenvalue weighted by molar-refractivity contribution is 5.34. The van der Waals surface area contributed by atoms with Crippen molar-refractivity contribution in [3.05, 3.63) is 29.8 Å². The first-order valence-corrected chi connectivity index (χ1v) is 6.62. The number of ether oxygens (including phenoxy) is 2. The lowest BCUT2D eigenvalue weighted by Gasteiger charge is -2.15. The van der Waals surface area contributed by atoms with Crippen LogP contribution in [-0.2, 0) is 4.74 Å². The Bertz CT molecular complexity index is 336. The van der Waals surface area contributed by atoms with E-state index in [1.54, 1.807) is 0 Å². The van der Waals surface area contributed by atoms with Crippen molar-refractivity contribution < 1.29 is 14.6 Å². The molecule has 0 aliphatic rings. The van der Waals surface area contributed by atoms with Gasteiger partial charge in [-0.25, -0.2) is 0 Å². The first-order chi connectivity index (χ1) is 8.65. The zero-order valence-electron chi connectivity index (χ0n) is 11.6. The van der Waals surface area contributed by atoms with E-state index in [4.69, 9.17) is 9.47 Å². The van der Waals surface area contributed by atoms with Gasteiger partial charge in [0, 0.05) is 12.2 Å². The molecule has 102 valence electrons. The van der Waals surface area contributed by atoms with Gasteiger partial charge < -0.3 is 14.6 Å². The topological polar surface area (TPSA) is 38.7 Å². The fourth-order valence-corrected chi connectivity index (χ4v) is 1.64. The van der Waals surface area contributed by atoms with Gasteiger partial charge in [-0.15, -0.1) is 0 Å². The number of hydrogen-bond donors (Lipinski definition) is 1. The number of rotatable bonds is 8. The van der Waals surface area contributed by atoms with E-state index < -0.39 is 6.10 Å². The highest BCUT2D eigenvalue weighted by Crippen LogP contribution is 2.26. The molecule has 0 amide bonds. The van der Waals surface area contributed by atoms with Crippen molar-refractivity contribution in [3.63, 3.8) is 0 Å². The van der Waals surface area contributed by atoms with Crippen LogP contribution in [0.5, 0.6) is 5.75 Å². The van der Waals surface area contributed by atoms with E-state index in [0.29, 0.717) is 25.6 Å². The van der Waals surface area contributed by atoms with E-state index in [-0.39, 0.29) is 0 Å². The Balaban J connectivity index is 2.42. The van der Waals surface area contributed by atoms with Crippen LogP contribution >= 0.6 is 0 Å². The van der Waals surface area contributed by atoms with Gasteiger partial charge in [0.15, 0.2) is 0 Å². The average Bonchev–Trinajstić information content (AvgIpc) is 2.37. The molecule has 1 rings (SSSR count). The summed E-state index contributed by atoms with van der Waals surface area (Å²) < 4.78 is 11.1. The molecule has 0 bridgehead atoms. The van der Waals surface area contributed by atoms with Crippen molar-refractivity contribution in [2.24, 2.45) is 5.92 Å². The second-order valence-electron chi connectivity index (χ2n) is 4.78. The molecule has 0 spiro atoms. The fraction of sp³-hybridized carbons (Fsp3) is 0.600. The highest BCUT2D eigenvalue weighted by Gasteiger charge is 2.10. The van der Waals surface area contributed by atoms with Gasteiger partial charge in [-0.1, -0.05) is 39.0 Å². The number of hydrogen-bond acceptors (Lipinski definition) is 3. The van der Waals surface area contributed by atoms with E-state index in [9.17, 15) is 5.11 Å². The highest BCUT2D eigenvalue weighted by atomic mass is 16.5. The average molecular weight is 252 g/mol. The molecular formula is C15H24O3. The summed E-state index contributed by atoms with van der Waals surface area (Å²) >= 11 is 0. The van der Waals surface area contributed by atoms with Gasteiger partial charge in [-0.3, -0.25) is 0 Å². The Kier molecular flexibility index (Phi) is 6.76. The summed E-state index contributed by atoms with van der Waals surface area (Å²) in [5, 5.41) is 9.87. The van der Waals surface area contributed by atoms with Crippen molar-refractivity contribution in [3.8, 4) is 5.75 Å². The number of aliphatic hydroxyl groups is 1. The van der Waals surface area contributed by atoms with Crippen molar-refractivity contribution in [2.75, 3.05) is 19.8 Å². The zero-order valence-corrected chi connectivity index (χ0v) is 11.6. The maximum Gasteiger partial charge on any atom is 0.125 e. The van der Waals surface area contributed by atoms with Crippen molar-refractivity contribution >= 4 is 0 Å². The summed E-state index contributed by atoms with van der Waals surface area (Å²) in [6, 6.07) is 7.61. The van der Waals surface area contributed by atoms with Crippen LogP contribution in [0.1, 0.15) is 38.9 Å². The van der Waals surface area contributed by atoms with Gasteiger partial charge in [-0.2, -0.15) is 0 Å². The van der Waals surface area contributed by atoms with Crippen molar-refractivity contribution in [1.29, 1.82) is 0 Å². The van der Waals surface area contributed by atoms with E-state index in [1.165, 1.54) is 0 Å². The van der Waals surface area contributed by atoms with Gasteiger partial charge in [0.1, 0.15) is 12.4 Å². The molecule has 0 aliphatic heterocycles. The van der Waals surface area contributed by atoms with Crippen LogP contribution in [0, 0.1) is 5.92 Å². The summed E-state index contributed by atoms with van der Waals surface area (Å²) in [5.74, 6) is 1.29. The predicted octanol–water partition coefficient (Wildman–Crippen LogP) is 3.18. The third kappa shape index (κ3) is 5.07. The summed E-state index contributed by atoms with van der Waals surface area (Å²) in [6.45, 7) is 8.03. The smallest absolute Gasteiger partial charge is 0.125 e. The summed E-state index contributed by atoms with van der Waals surface area (Å²) in [6.07, 6.45) is 0.224. The molecule has 3 nitrogen and oxygen atoms in total. The minimum absolute atomic E-state index is 0.460. The molecule has 1 N–H and O–H groups in total. The van der Waals surface area contributed by atoms with Crippen LogP contribution in [0.2, 0.25) is 0 Å². The van der Waals surface area contributed by atoms with Crippen molar-refractivity contribution in [2.45, 2.75) is 33.3 Å². The molecule has 0 fully saturated rings. The molecule has 0 unspecified atom stereocenters. The lowest BCUT2D eigenvalue weighted by atomic mass is 10.1. The van der Waals surface area contributed by atoms with E-state index in [0.717, 1.165) is 17.9 Å². The second-order valence-corrected chi connectivity index (χ2v) is 4.78. The van der Waals surface area contributed by atoms with E-state index >= 15 is 0 Å². The van der Waals surface area contributed by atoms with Crippen LogP contribution < -0.4 is 4.74 Å². The molecule has 1 aromatic rings. The van der Waals surface area contributed by atoms with Crippen LogP contribution in [0.4, 0.5) is 0 Å². The maximum atomic E-state index is 9.87. The number of benzene rings is 1. The molecule has 0 saturated carbocycles. The van der Waals surface area contributed by atoms with Gasteiger partial charge in [-0.05, 0) is 18.4 Å². The van der Waals surface area contributed by atoms with Crippen LogP contribution in [0.15, 0.2) is 24.3 Å². The van der Waals surface area contributed by atoms with E-state index in [1.807, 2.05) is 31.2 Å². The fourth-order valence-electron chi connectivity index (χ4n) is 1.64. The Morgan fingerprint density at radius 1 is 1.17 bits per heavy atom. The molecule has 0 saturated heterocycles. The summed E-state index contributed by atoms with van der Waals surface area (Å²) in [4.78, 5) is 0. The maximum absolute atomic E-state index is 9.87. The molecule has 1 aromatic carbocycles. The molecule has 1 atom stereocenters. The molecule has 0 radical (unpaired) electrons. The van der Waals surface area contributed by atoms with Crippen LogP contribution in [-0.4, -0.2) is 24.9 Å². The predicted molar refractivity (Wildman–Crippen MR) is 72.8 cm³/mol. The van der Waals surface area contributed by atoms with Gasteiger partial charge in [0.05, 0.1) is 12.7 Å². The summed E-state index contributed by atoms with van der Waals surface area (Å²) in [7, 11) is 0. The first kappa shape index (κ1) is 15.0. The number of para-hydroxylation sites is 1. The lowest BCUT2D eigenvalue weighted by Crippen LogP contribution is -2.11. The van der Waals surface area contributed by atoms with Crippen molar-refractivity contribution in [1.82, 2.24) is 0 Å². The third-order valence-corrected chi connectivity index (χ3v) is 2.60. The quantitative estimate of drug-likeness (QED) is 0.722. The largest absolute Gasteiger partial charge is 0.491 e. The lowest BCUT2D eigenvalue weighted by molar-refractivity contribution is 0.0802. The van der Waals surface area contributed by atoms with E-state index in [2.05, 4.69) is 13.8 Å². The SMILES string of the molecule is CC[C@H](O)c1ccccc1OCCOCC(C)C. The zero-order chi connectivity index (χ0) is 13.4. The van der Waals surface area contributed by atoms with Gasteiger partial charge >= 0.3 is 0 Å². The Hall–Kier alpha value is -1.06. The molecule has 0 heterocycles. The Morgan fingerprint density at radius 3 is 2.56 bits per heavy atom. The normalized spacial score (nSPS) is 12.7. The minimum Gasteiger partial charge on any atom is -0.491 e. The standard InChI is InChI=1S/C15H24O3/c1-4-14(16)13-7-5-6-8-15(13)18-10-9-17-11-12(2)3/h5-8,12,14,16H,4,9-11H2,1-3H3/t14-/m0/s1. The molecule has 0 aromatic heterocycles. The second kappa shape index (κ2) is 8.11. The van der Waals surface area contributed by atoms with Crippen LogP contribution in [0.3, 0.4) is 0 Å². The molecule has 0 aliphatic carbocycles. The molecule has 3 heteroatoms. The Labute approximate surface area is 110 Å². The first-order valence-electron chi connectivity index (χ1n) is 6.62. The number of aliphatic hydroxyl groups excluding tert-OH is 1. The monoisotopic (exact) mass is 252 g/mol. The summed E-state index contributed by atoms with van der Waals surface area (Å²) in [5.41, 5.74) is 0.851. The van der Waals surface area contributed by atoms with Crippen LogP contribution in [0.25, 0.3) is 0 Å². The van der Waals surface area contributed by atoms with Gasteiger partial charge in [0.2, 0.25) is 0 Å². The Morgan fingerprint density at radius 2 is 1.89 bits per heavy atom. The molecular weight excluding hydrogens is 228 g/mol. The minimum atomic E-state index is -0.460.